The van der Waals surface area contributed by atoms with Gasteiger partial charge in [-0.3, -0.25) is 9.78 Å². The van der Waals surface area contributed by atoms with Crippen molar-refractivity contribution < 1.29 is 4.79 Å². The number of nitriles is 1. The highest BCUT2D eigenvalue weighted by Crippen LogP contribution is 2.02. The van der Waals surface area contributed by atoms with E-state index in [1.54, 1.807) is 18.3 Å². The molecule has 90 valence electrons. The second kappa shape index (κ2) is 6.61. The first-order valence-electron chi connectivity index (χ1n) is 5.38. The SMILES string of the molecule is CN(C)CCNC(=O)c1ccnc(CC#N)c1. The molecule has 1 heterocycles. The van der Waals surface area contributed by atoms with E-state index >= 15 is 0 Å². The lowest BCUT2D eigenvalue weighted by Crippen LogP contribution is -2.31. The van der Waals surface area contributed by atoms with Gasteiger partial charge in [-0.05, 0) is 26.2 Å². The van der Waals surface area contributed by atoms with Gasteiger partial charge in [0.2, 0.25) is 0 Å². The van der Waals surface area contributed by atoms with Crippen LogP contribution in [0.3, 0.4) is 0 Å². The van der Waals surface area contributed by atoms with E-state index in [9.17, 15) is 4.79 Å². The molecule has 1 aromatic rings. The van der Waals surface area contributed by atoms with Crippen molar-refractivity contribution in [3.63, 3.8) is 0 Å². The Morgan fingerprint density at radius 1 is 1.59 bits per heavy atom. The third kappa shape index (κ3) is 4.62. The van der Waals surface area contributed by atoms with E-state index in [0.717, 1.165) is 6.54 Å². The van der Waals surface area contributed by atoms with Gasteiger partial charge >= 0.3 is 0 Å². The van der Waals surface area contributed by atoms with Gasteiger partial charge < -0.3 is 10.2 Å². The molecule has 0 atom stereocenters. The Kier molecular flexibility index (Phi) is 5.11. The quantitative estimate of drug-likeness (QED) is 0.799. The predicted molar refractivity (Wildman–Crippen MR) is 64.4 cm³/mol. The number of rotatable bonds is 5. The Morgan fingerprint density at radius 2 is 2.35 bits per heavy atom. The minimum atomic E-state index is -0.131. The van der Waals surface area contributed by atoms with E-state index in [-0.39, 0.29) is 12.3 Å². The Balaban J connectivity index is 2.57. The van der Waals surface area contributed by atoms with Gasteiger partial charge in [-0.2, -0.15) is 5.26 Å². The zero-order chi connectivity index (χ0) is 12.7. The molecule has 0 aliphatic carbocycles. The van der Waals surface area contributed by atoms with E-state index < -0.39 is 0 Å². The van der Waals surface area contributed by atoms with Crippen molar-refractivity contribution in [2.45, 2.75) is 6.42 Å². The van der Waals surface area contributed by atoms with Crippen LogP contribution in [0.2, 0.25) is 0 Å². The first kappa shape index (κ1) is 13.1. The molecule has 17 heavy (non-hydrogen) atoms. The summed E-state index contributed by atoms with van der Waals surface area (Å²) in [6.07, 6.45) is 1.77. The topological polar surface area (TPSA) is 69.0 Å². The average molecular weight is 232 g/mol. The molecule has 0 radical (unpaired) electrons. The van der Waals surface area contributed by atoms with Gasteiger partial charge in [0.05, 0.1) is 18.2 Å². The highest BCUT2D eigenvalue weighted by molar-refractivity contribution is 5.94. The summed E-state index contributed by atoms with van der Waals surface area (Å²) in [7, 11) is 3.90. The monoisotopic (exact) mass is 232 g/mol. The molecule has 0 bridgehead atoms. The molecule has 0 saturated carbocycles. The fourth-order valence-corrected chi connectivity index (χ4v) is 1.29. The Morgan fingerprint density at radius 3 is 3.00 bits per heavy atom. The molecule has 1 amide bonds. The Bertz CT molecular complexity index is 423. The number of nitrogens with zero attached hydrogens (tertiary/aromatic N) is 3. The third-order valence-electron chi connectivity index (χ3n) is 2.18. The van der Waals surface area contributed by atoms with Crippen molar-refractivity contribution in [1.82, 2.24) is 15.2 Å². The lowest BCUT2D eigenvalue weighted by atomic mass is 10.2. The molecule has 0 saturated heterocycles. The van der Waals surface area contributed by atoms with Gasteiger partial charge in [0.1, 0.15) is 0 Å². The van der Waals surface area contributed by atoms with Crippen LogP contribution in [0.25, 0.3) is 0 Å². The van der Waals surface area contributed by atoms with Crippen LogP contribution in [0.1, 0.15) is 16.1 Å². The molecule has 0 aliphatic heterocycles. The zero-order valence-corrected chi connectivity index (χ0v) is 10.1. The number of aromatic nitrogens is 1. The normalized spacial score (nSPS) is 10.0. The highest BCUT2D eigenvalue weighted by atomic mass is 16.1. The first-order chi connectivity index (χ1) is 8.13. The standard InChI is InChI=1S/C12H16N4O/c1-16(2)8-7-15-12(17)10-4-6-14-11(9-10)3-5-13/h4,6,9H,3,7-8H2,1-2H3,(H,15,17). The number of likely N-dealkylation sites (N-methyl/N-ethyl adjacent to an activating group) is 1. The van der Waals surface area contributed by atoms with Crippen LogP contribution in [0.15, 0.2) is 18.3 Å². The molecule has 0 aliphatic rings. The number of carbonyl (C=O) groups is 1. The van der Waals surface area contributed by atoms with Crippen molar-refractivity contribution in [2.24, 2.45) is 0 Å². The van der Waals surface area contributed by atoms with Crippen molar-refractivity contribution in [1.29, 1.82) is 5.26 Å². The van der Waals surface area contributed by atoms with E-state index in [1.165, 1.54) is 0 Å². The van der Waals surface area contributed by atoms with Crippen molar-refractivity contribution >= 4 is 5.91 Å². The van der Waals surface area contributed by atoms with Gasteiger partial charge in [-0.15, -0.1) is 0 Å². The molecule has 0 spiro atoms. The fourth-order valence-electron chi connectivity index (χ4n) is 1.29. The van der Waals surface area contributed by atoms with Gasteiger partial charge in [-0.1, -0.05) is 0 Å². The second-order valence-corrected chi connectivity index (χ2v) is 3.93. The minimum Gasteiger partial charge on any atom is -0.351 e. The summed E-state index contributed by atoms with van der Waals surface area (Å²) in [5, 5.41) is 11.4. The summed E-state index contributed by atoms with van der Waals surface area (Å²) in [4.78, 5) is 17.7. The smallest absolute Gasteiger partial charge is 0.251 e. The maximum absolute atomic E-state index is 11.7. The van der Waals surface area contributed by atoms with Crippen LogP contribution in [-0.2, 0) is 6.42 Å². The third-order valence-corrected chi connectivity index (χ3v) is 2.18. The Labute approximate surface area is 101 Å². The molecule has 1 aromatic heterocycles. The summed E-state index contributed by atoms with van der Waals surface area (Å²) in [5.74, 6) is -0.131. The van der Waals surface area contributed by atoms with Crippen LogP contribution < -0.4 is 5.32 Å². The van der Waals surface area contributed by atoms with E-state index in [1.807, 2.05) is 25.1 Å². The lowest BCUT2D eigenvalue weighted by molar-refractivity contribution is 0.0951. The van der Waals surface area contributed by atoms with Gasteiger partial charge in [0, 0.05) is 24.8 Å². The number of pyridine rings is 1. The lowest BCUT2D eigenvalue weighted by Gasteiger charge is -2.10. The van der Waals surface area contributed by atoms with Gasteiger partial charge in [0.15, 0.2) is 0 Å². The van der Waals surface area contributed by atoms with Crippen LogP contribution in [-0.4, -0.2) is 43.0 Å². The number of hydrogen-bond acceptors (Lipinski definition) is 4. The number of amides is 1. The van der Waals surface area contributed by atoms with E-state index in [2.05, 4.69) is 10.3 Å². The van der Waals surface area contributed by atoms with E-state index in [0.29, 0.717) is 17.8 Å². The largest absolute Gasteiger partial charge is 0.351 e. The molecular weight excluding hydrogens is 216 g/mol. The maximum Gasteiger partial charge on any atom is 0.251 e. The van der Waals surface area contributed by atoms with Crippen molar-refractivity contribution in [2.75, 3.05) is 27.2 Å². The highest BCUT2D eigenvalue weighted by Gasteiger charge is 2.06. The molecule has 0 aromatic carbocycles. The average Bonchev–Trinajstić information content (AvgIpc) is 2.29. The number of nitrogens with one attached hydrogen (secondary N) is 1. The second-order valence-electron chi connectivity index (χ2n) is 3.93. The fraction of sp³-hybridized carbons (Fsp3) is 0.417. The first-order valence-corrected chi connectivity index (χ1v) is 5.38. The number of hydrogen-bond donors (Lipinski definition) is 1. The van der Waals surface area contributed by atoms with Crippen LogP contribution >= 0.6 is 0 Å². The molecule has 0 unspecified atom stereocenters. The summed E-state index contributed by atoms with van der Waals surface area (Å²) < 4.78 is 0. The summed E-state index contributed by atoms with van der Waals surface area (Å²) in [6.45, 7) is 1.39. The molecular formula is C12H16N4O. The van der Waals surface area contributed by atoms with Crippen LogP contribution in [0.4, 0.5) is 0 Å². The summed E-state index contributed by atoms with van der Waals surface area (Å²) >= 11 is 0. The number of carbonyl (C=O) groups excluding carboxylic acids is 1. The van der Waals surface area contributed by atoms with Gasteiger partial charge in [-0.25, -0.2) is 0 Å². The van der Waals surface area contributed by atoms with Crippen LogP contribution in [0.5, 0.6) is 0 Å². The molecule has 5 heteroatoms. The zero-order valence-electron chi connectivity index (χ0n) is 10.1. The Hall–Kier alpha value is -1.93. The molecule has 5 nitrogen and oxygen atoms in total. The minimum absolute atomic E-state index is 0.131. The van der Waals surface area contributed by atoms with Crippen molar-refractivity contribution in [3.8, 4) is 6.07 Å². The van der Waals surface area contributed by atoms with Crippen molar-refractivity contribution in [3.05, 3.63) is 29.6 Å². The predicted octanol–water partition coefficient (Wildman–Crippen LogP) is 0.439. The molecule has 1 rings (SSSR count). The van der Waals surface area contributed by atoms with E-state index in [4.69, 9.17) is 5.26 Å². The molecule has 0 fully saturated rings. The van der Waals surface area contributed by atoms with Gasteiger partial charge in [0.25, 0.3) is 5.91 Å². The van der Waals surface area contributed by atoms with Crippen LogP contribution in [0, 0.1) is 11.3 Å². The maximum atomic E-state index is 11.7. The molecule has 1 N–H and O–H groups in total. The summed E-state index contributed by atoms with van der Waals surface area (Å²) in [5.41, 5.74) is 1.16. The summed E-state index contributed by atoms with van der Waals surface area (Å²) in [6, 6.07) is 5.30.